The van der Waals surface area contributed by atoms with Crippen molar-refractivity contribution in [2.75, 3.05) is 132 Å². The summed E-state index contributed by atoms with van der Waals surface area (Å²) in [6, 6.07) is 0. The molecule has 0 fully saturated rings. The molecule has 0 aromatic rings. The lowest BCUT2D eigenvalue weighted by Crippen LogP contribution is -2.15. The maximum absolute atomic E-state index is 11.8. The van der Waals surface area contributed by atoms with Crippen molar-refractivity contribution in [1.29, 1.82) is 0 Å². The molecule has 13 nitrogen and oxygen atoms in total. The molecule has 52 heavy (non-hydrogen) atoms. The second-order valence-corrected chi connectivity index (χ2v) is 12.3. The average Bonchev–Trinajstić information content (AvgIpc) is 3.15. The fourth-order valence-electron chi connectivity index (χ4n) is 4.71. The zero-order valence-electron chi connectivity index (χ0n) is 33.1. The zero-order chi connectivity index (χ0) is 37.7. The Morgan fingerprint density at radius 3 is 0.712 bits per heavy atom. The molecule has 0 spiro atoms. The summed E-state index contributed by atoms with van der Waals surface area (Å²) in [5.74, 6) is -0.293. The smallest absolute Gasteiger partial charge is 0.305 e. The van der Waals surface area contributed by atoms with E-state index in [1.165, 1.54) is 44.9 Å². The monoisotopic (exact) mass is 753 g/mol. The highest BCUT2D eigenvalue weighted by Crippen LogP contribution is 2.10. The van der Waals surface area contributed by atoms with Gasteiger partial charge >= 0.3 is 11.9 Å². The Labute approximate surface area is 315 Å². The molecule has 0 heterocycles. The molecular formula is C39H76O13. The van der Waals surface area contributed by atoms with Crippen molar-refractivity contribution in [1.82, 2.24) is 0 Å². The van der Waals surface area contributed by atoms with E-state index in [0.717, 1.165) is 38.5 Å². The molecule has 0 atom stereocenters. The number of carbonyl (C=O) groups is 2. The van der Waals surface area contributed by atoms with Crippen LogP contribution in [0.2, 0.25) is 0 Å². The van der Waals surface area contributed by atoms with Crippen LogP contribution in [0.4, 0.5) is 0 Å². The fraction of sp³-hybridized carbons (Fsp3) is 0.949. The van der Waals surface area contributed by atoms with Crippen molar-refractivity contribution in [3.8, 4) is 0 Å². The van der Waals surface area contributed by atoms with E-state index in [1.54, 1.807) is 0 Å². The van der Waals surface area contributed by atoms with Gasteiger partial charge < -0.3 is 52.1 Å². The van der Waals surface area contributed by atoms with Gasteiger partial charge in [-0.1, -0.05) is 84.5 Å². The summed E-state index contributed by atoms with van der Waals surface area (Å²) < 4.78 is 59.6. The maximum Gasteiger partial charge on any atom is 0.305 e. The molecule has 0 aliphatic carbocycles. The van der Waals surface area contributed by atoms with Gasteiger partial charge in [-0.2, -0.15) is 0 Å². The van der Waals surface area contributed by atoms with Crippen LogP contribution >= 0.6 is 0 Å². The third-order valence-electron chi connectivity index (χ3n) is 7.68. The van der Waals surface area contributed by atoms with Crippen molar-refractivity contribution in [2.45, 2.75) is 110 Å². The highest BCUT2D eigenvalue weighted by Gasteiger charge is 2.04. The van der Waals surface area contributed by atoms with E-state index in [2.05, 4.69) is 13.8 Å². The molecule has 0 aliphatic heterocycles. The van der Waals surface area contributed by atoms with Crippen LogP contribution in [0, 0.1) is 0 Å². The second-order valence-electron chi connectivity index (χ2n) is 12.3. The first-order chi connectivity index (χ1) is 25.7. The van der Waals surface area contributed by atoms with Gasteiger partial charge in [0.1, 0.15) is 13.2 Å². The fourth-order valence-corrected chi connectivity index (χ4v) is 4.71. The summed E-state index contributed by atoms with van der Waals surface area (Å²) in [6.45, 7) is 13.4. The lowest BCUT2D eigenvalue weighted by Gasteiger charge is -2.09. The van der Waals surface area contributed by atoms with Gasteiger partial charge in [0.2, 0.25) is 0 Å². The minimum Gasteiger partial charge on any atom is -0.463 e. The highest BCUT2D eigenvalue weighted by atomic mass is 16.6. The Morgan fingerprint density at radius 2 is 0.462 bits per heavy atom. The molecule has 0 N–H and O–H groups in total. The Balaban J connectivity index is 3.14. The molecule has 0 aromatic carbocycles. The minimum atomic E-state index is -0.154. The number of ether oxygens (including phenoxy) is 11. The van der Waals surface area contributed by atoms with Gasteiger partial charge in [0.05, 0.1) is 119 Å². The molecule has 0 aliphatic rings. The van der Waals surface area contributed by atoms with E-state index in [-0.39, 0.29) is 25.2 Å². The largest absolute Gasteiger partial charge is 0.463 e. The first kappa shape index (κ1) is 50.6. The summed E-state index contributed by atoms with van der Waals surface area (Å²) in [5, 5.41) is 0. The third kappa shape index (κ3) is 44.7. The van der Waals surface area contributed by atoms with Gasteiger partial charge in [0.25, 0.3) is 0 Å². The van der Waals surface area contributed by atoms with E-state index in [9.17, 15) is 9.59 Å². The van der Waals surface area contributed by atoms with E-state index < -0.39 is 0 Å². The quantitative estimate of drug-likeness (QED) is 0.0523. The Morgan fingerprint density at radius 1 is 0.269 bits per heavy atom. The van der Waals surface area contributed by atoms with Crippen LogP contribution in [-0.2, 0) is 61.7 Å². The molecule has 0 saturated heterocycles. The molecule has 310 valence electrons. The lowest BCUT2D eigenvalue weighted by molar-refractivity contribution is -0.146. The average molecular weight is 753 g/mol. The highest BCUT2D eigenvalue weighted by molar-refractivity contribution is 5.69. The number of esters is 2. The summed E-state index contributed by atoms with van der Waals surface area (Å²) in [4.78, 5) is 23.3. The zero-order valence-corrected chi connectivity index (χ0v) is 33.1. The van der Waals surface area contributed by atoms with Gasteiger partial charge in [-0.05, 0) is 12.8 Å². The second kappa shape index (κ2) is 45.7. The van der Waals surface area contributed by atoms with E-state index in [4.69, 9.17) is 52.1 Å². The van der Waals surface area contributed by atoms with E-state index in [1.807, 2.05) is 0 Å². The first-order valence-electron chi connectivity index (χ1n) is 20.2. The minimum absolute atomic E-state index is 0.139. The number of hydrogen-bond acceptors (Lipinski definition) is 13. The van der Waals surface area contributed by atoms with Gasteiger partial charge in [-0.25, -0.2) is 0 Å². The molecule has 0 amide bonds. The van der Waals surface area contributed by atoms with Gasteiger partial charge in [0.15, 0.2) is 0 Å². The van der Waals surface area contributed by atoms with Crippen LogP contribution in [0.3, 0.4) is 0 Å². The van der Waals surface area contributed by atoms with E-state index >= 15 is 0 Å². The summed E-state index contributed by atoms with van der Waals surface area (Å²) in [6.07, 6.45) is 16.3. The van der Waals surface area contributed by atoms with Crippen molar-refractivity contribution >= 4 is 11.9 Å². The molecule has 0 saturated carbocycles. The number of rotatable bonds is 45. The van der Waals surface area contributed by atoms with Crippen LogP contribution < -0.4 is 0 Å². The molecule has 0 rings (SSSR count). The topological polar surface area (TPSA) is 136 Å². The van der Waals surface area contributed by atoms with Crippen LogP contribution in [0.25, 0.3) is 0 Å². The standard InChI is InChI=1S/C39H76O13/c1-3-5-7-9-10-11-12-13-15-17-39(41)52-37-35-50-33-31-48-29-27-46-25-23-44-21-19-42-18-20-43-22-24-45-26-28-47-30-32-49-34-36-51-38(40)16-14-8-6-4-2/h3-37H2,1-2H3. The van der Waals surface area contributed by atoms with Crippen molar-refractivity contribution < 1.29 is 61.7 Å². The van der Waals surface area contributed by atoms with Crippen molar-refractivity contribution in [3.05, 3.63) is 0 Å². The van der Waals surface area contributed by atoms with Crippen LogP contribution in [-0.4, -0.2) is 144 Å². The molecule has 0 aromatic heterocycles. The van der Waals surface area contributed by atoms with E-state index in [0.29, 0.717) is 132 Å². The normalized spacial score (nSPS) is 11.3. The SMILES string of the molecule is CCCCCCCCCCCC(=O)OCCOCCOCCOCCOCCOCCOCCOCCOCCOCCOC(=O)CCCCCC. The van der Waals surface area contributed by atoms with Crippen LogP contribution in [0.5, 0.6) is 0 Å². The molecule has 0 unspecified atom stereocenters. The summed E-state index contributed by atoms with van der Waals surface area (Å²) in [5.41, 5.74) is 0. The number of carbonyl (C=O) groups excluding carboxylic acids is 2. The van der Waals surface area contributed by atoms with Crippen molar-refractivity contribution in [2.24, 2.45) is 0 Å². The molecule has 0 radical (unpaired) electrons. The van der Waals surface area contributed by atoms with Crippen LogP contribution in [0.15, 0.2) is 0 Å². The lowest BCUT2D eigenvalue weighted by atomic mass is 10.1. The Bertz CT molecular complexity index is 714. The Kier molecular flexibility index (Phi) is 44.5. The van der Waals surface area contributed by atoms with Crippen molar-refractivity contribution in [3.63, 3.8) is 0 Å². The summed E-state index contributed by atoms with van der Waals surface area (Å²) >= 11 is 0. The van der Waals surface area contributed by atoms with Gasteiger partial charge in [-0.15, -0.1) is 0 Å². The first-order valence-corrected chi connectivity index (χ1v) is 20.2. The molecular weight excluding hydrogens is 676 g/mol. The van der Waals surface area contributed by atoms with Crippen LogP contribution in [0.1, 0.15) is 110 Å². The molecule has 0 bridgehead atoms. The predicted octanol–water partition coefficient (Wildman–Crippen LogP) is 6.11. The Hall–Kier alpha value is -1.42. The van der Waals surface area contributed by atoms with Gasteiger partial charge in [-0.3, -0.25) is 9.59 Å². The maximum atomic E-state index is 11.8. The summed E-state index contributed by atoms with van der Waals surface area (Å²) in [7, 11) is 0. The van der Waals surface area contributed by atoms with Gasteiger partial charge in [0, 0.05) is 12.8 Å². The predicted molar refractivity (Wildman–Crippen MR) is 200 cm³/mol. The number of hydrogen-bond donors (Lipinski definition) is 0. The number of unbranched alkanes of at least 4 members (excludes halogenated alkanes) is 11. The third-order valence-corrected chi connectivity index (χ3v) is 7.68. The molecule has 13 heteroatoms.